The highest BCUT2D eigenvalue weighted by atomic mass is 35.5. The van der Waals surface area contributed by atoms with Gasteiger partial charge in [0.1, 0.15) is 5.69 Å². The summed E-state index contributed by atoms with van der Waals surface area (Å²) in [7, 11) is 2.00. The van der Waals surface area contributed by atoms with Crippen molar-refractivity contribution in [1.29, 1.82) is 0 Å². The van der Waals surface area contributed by atoms with Gasteiger partial charge in [-0.2, -0.15) is 4.98 Å². The summed E-state index contributed by atoms with van der Waals surface area (Å²) >= 11 is 0. The predicted octanol–water partition coefficient (Wildman–Crippen LogP) is 1.22. The molecule has 9 nitrogen and oxygen atoms in total. The first kappa shape index (κ1) is 17.1. The molecular formula is C13H17ClN6O3. The monoisotopic (exact) mass is 340 g/mol. The standard InChI is InChI=1S/C13H16N6O3.ClH/c1-18-5-4-15-7-11(18)12-16-13(22-17-12)8-2-3-9(14)10(6-8)19(20)21;/h2-3,6,11,15H,4-5,7,14H2,1H3;1H. The molecule has 1 fully saturated rings. The fraction of sp³-hybridized carbons (Fsp3) is 0.385. The second kappa shape index (κ2) is 6.90. The molecule has 2 aromatic rings. The highest BCUT2D eigenvalue weighted by molar-refractivity contribution is 5.85. The highest BCUT2D eigenvalue weighted by Gasteiger charge is 2.26. The number of piperazine rings is 1. The van der Waals surface area contributed by atoms with Crippen LogP contribution in [0, 0.1) is 10.1 Å². The van der Waals surface area contributed by atoms with Crippen LogP contribution in [-0.2, 0) is 0 Å². The van der Waals surface area contributed by atoms with Crippen molar-refractivity contribution >= 4 is 23.8 Å². The number of nitrogen functional groups attached to an aromatic ring is 1. The molecule has 0 radical (unpaired) electrons. The van der Waals surface area contributed by atoms with E-state index in [0.29, 0.717) is 11.4 Å². The van der Waals surface area contributed by atoms with Crippen LogP contribution < -0.4 is 11.1 Å². The number of nitro groups is 1. The van der Waals surface area contributed by atoms with Gasteiger partial charge in [0.25, 0.3) is 11.6 Å². The maximum atomic E-state index is 10.9. The van der Waals surface area contributed by atoms with Crippen molar-refractivity contribution in [3.63, 3.8) is 0 Å². The van der Waals surface area contributed by atoms with Gasteiger partial charge in [0, 0.05) is 31.3 Å². The zero-order valence-corrected chi connectivity index (χ0v) is 13.2. The van der Waals surface area contributed by atoms with Gasteiger partial charge in [0.15, 0.2) is 5.82 Å². The van der Waals surface area contributed by atoms with E-state index < -0.39 is 4.92 Å². The number of likely N-dealkylation sites (N-methyl/N-ethyl adjacent to an activating group) is 1. The number of benzene rings is 1. The van der Waals surface area contributed by atoms with E-state index in [1.165, 1.54) is 12.1 Å². The van der Waals surface area contributed by atoms with E-state index >= 15 is 0 Å². The minimum atomic E-state index is -0.533. The van der Waals surface area contributed by atoms with Crippen LogP contribution in [0.25, 0.3) is 11.5 Å². The van der Waals surface area contributed by atoms with Crippen LogP contribution in [0.1, 0.15) is 11.9 Å². The lowest BCUT2D eigenvalue weighted by atomic mass is 10.1. The van der Waals surface area contributed by atoms with Crippen molar-refractivity contribution in [2.45, 2.75) is 6.04 Å². The number of rotatable bonds is 3. The summed E-state index contributed by atoms with van der Waals surface area (Å²) in [5.74, 6) is 0.807. The lowest BCUT2D eigenvalue weighted by Gasteiger charge is -2.30. The van der Waals surface area contributed by atoms with Crippen LogP contribution in [0.2, 0.25) is 0 Å². The van der Waals surface area contributed by atoms with Crippen molar-refractivity contribution in [3.05, 3.63) is 34.1 Å². The van der Waals surface area contributed by atoms with Gasteiger partial charge in [0.2, 0.25) is 0 Å². The van der Waals surface area contributed by atoms with Gasteiger partial charge < -0.3 is 15.6 Å². The van der Waals surface area contributed by atoms with Gasteiger partial charge in [-0.05, 0) is 19.2 Å². The van der Waals surface area contributed by atoms with E-state index in [2.05, 4.69) is 20.4 Å². The summed E-state index contributed by atoms with van der Waals surface area (Å²) in [6.45, 7) is 2.54. The quantitative estimate of drug-likeness (QED) is 0.485. The van der Waals surface area contributed by atoms with Crippen LogP contribution in [0.15, 0.2) is 22.7 Å². The van der Waals surface area contributed by atoms with E-state index in [0.717, 1.165) is 19.6 Å². The van der Waals surface area contributed by atoms with Crippen molar-refractivity contribution < 1.29 is 9.45 Å². The highest BCUT2D eigenvalue weighted by Crippen LogP contribution is 2.29. The molecule has 1 atom stereocenters. The van der Waals surface area contributed by atoms with Gasteiger partial charge in [0.05, 0.1) is 11.0 Å². The molecule has 10 heteroatoms. The number of nitro benzene ring substituents is 1. The summed E-state index contributed by atoms with van der Waals surface area (Å²) in [4.78, 5) is 16.9. The Morgan fingerprint density at radius 3 is 3.00 bits per heavy atom. The lowest BCUT2D eigenvalue weighted by molar-refractivity contribution is -0.383. The molecule has 0 bridgehead atoms. The van der Waals surface area contributed by atoms with Crippen LogP contribution >= 0.6 is 12.4 Å². The topological polar surface area (TPSA) is 123 Å². The minimum Gasteiger partial charge on any atom is -0.393 e. The number of nitrogens with two attached hydrogens (primary N) is 1. The van der Waals surface area contributed by atoms with Crippen LogP contribution in [-0.4, -0.2) is 46.6 Å². The average molecular weight is 341 g/mol. The summed E-state index contributed by atoms with van der Waals surface area (Å²) in [6, 6.07) is 4.46. The van der Waals surface area contributed by atoms with Crippen molar-refractivity contribution in [2.24, 2.45) is 0 Å². The second-order valence-electron chi connectivity index (χ2n) is 5.19. The van der Waals surface area contributed by atoms with E-state index in [9.17, 15) is 10.1 Å². The first-order valence-corrected chi connectivity index (χ1v) is 6.85. The fourth-order valence-electron chi connectivity index (χ4n) is 2.42. The molecule has 3 rings (SSSR count). The van der Waals surface area contributed by atoms with Gasteiger partial charge in [-0.15, -0.1) is 12.4 Å². The molecule has 1 aliphatic heterocycles. The third kappa shape index (κ3) is 3.41. The molecule has 1 aromatic heterocycles. The number of anilines is 1. The molecule has 23 heavy (non-hydrogen) atoms. The summed E-state index contributed by atoms with van der Waals surface area (Å²) in [6.07, 6.45) is 0. The SMILES string of the molecule is CN1CCNCC1c1noc(-c2ccc(N)c([N+](=O)[O-])c2)n1.Cl. The maximum Gasteiger partial charge on any atom is 0.292 e. The van der Waals surface area contributed by atoms with E-state index in [1.807, 2.05) is 7.05 Å². The Morgan fingerprint density at radius 1 is 1.52 bits per heavy atom. The van der Waals surface area contributed by atoms with Crippen molar-refractivity contribution in [3.8, 4) is 11.5 Å². The number of halogens is 1. The third-order valence-corrected chi connectivity index (χ3v) is 3.72. The normalized spacial score (nSPS) is 18.4. The molecule has 1 saturated heterocycles. The number of aromatic nitrogens is 2. The van der Waals surface area contributed by atoms with Crippen molar-refractivity contribution in [1.82, 2.24) is 20.4 Å². The Hall–Kier alpha value is -2.23. The first-order valence-electron chi connectivity index (χ1n) is 6.85. The summed E-state index contributed by atoms with van der Waals surface area (Å²) < 4.78 is 5.25. The first-order chi connectivity index (χ1) is 10.6. The predicted molar refractivity (Wildman–Crippen MR) is 86.3 cm³/mol. The fourth-order valence-corrected chi connectivity index (χ4v) is 2.42. The van der Waals surface area contributed by atoms with E-state index in [-0.39, 0.29) is 35.7 Å². The molecule has 0 saturated carbocycles. The smallest absolute Gasteiger partial charge is 0.292 e. The van der Waals surface area contributed by atoms with Crippen LogP contribution in [0.5, 0.6) is 0 Å². The largest absolute Gasteiger partial charge is 0.393 e. The molecular weight excluding hydrogens is 324 g/mol. The molecule has 1 unspecified atom stereocenters. The van der Waals surface area contributed by atoms with E-state index in [1.54, 1.807) is 6.07 Å². The van der Waals surface area contributed by atoms with Gasteiger partial charge in [-0.1, -0.05) is 5.16 Å². The minimum absolute atomic E-state index is 0. The Balaban J connectivity index is 0.00000192. The van der Waals surface area contributed by atoms with Crippen LogP contribution in [0.3, 0.4) is 0 Å². The Bertz CT molecular complexity index is 707. The summed E-state index contributed by atoms with van der Waals surface area (Å²) in [5, 5.41) is 18.2. The summed E-state index contributed by atoms with van der Waals surface area (Å²) in [5.41, 5.74) is 5.99. The molecule has 2 heterocycles. The molecule has 0 spiro atoms. The molecule has 124 valence electrons. The second-order valence-corrected chi connectivity index (χ2v) is 5.19. The average Bonchev–Trinajstić information content (AvgIpc) is 2.97. The molecule has 1 aromatic carbocycles. The van der Waals surface area contributed by atoms with Gasteiger partial charge >= 0.3 is 0 Å². The molecule has 1 aliphatic rings. The van der Waals surface area contributed by atoms with Gasteiger partial charge in [-0.25, -0.2) is 0 Å². The van der Waals surface area contributed by atoms with Crippen LogP contribution in [0.4, 0.5) is 11.4 Å². The number of nitrogens with one attached hydrogen (secondary N) is 1. The Kier molecular flexibility index (Phi) is 5.14. The Morgan fingerprint density at radius 2 is 2.30 bits per heavy atom. The molecule has 0 amide bonds. The third-order valence-electron chi connectivity index (χ3n) is 3.72. The zero-order chi connectivity index (χ0) is 15.7. The van der Waals surface area contributed by atoms with E-state index in [4.69, 9.17) is 10.3 Å². The maximum absolute atomic E-state index is 10.9. The van der Waals surface area contributed by atoms with Crippen molar-refractivity contribution in [2.75, 3.05) is 32.4 Å². The number of nitrogens with zero attached hydrogens (tertiary/aromatic N) is 4. The lowest BCUT2D eigenvalue weighted by Crippen LogP contribution is -2.44. The van der Waals surface area contributed by atoms with Gasteiger partial charge in [-0.3, -0.25) is 15.0 Å². The number of hydrogen-bond acceptors (Lipinski definition) is 8. The molecule has 3 N–H and O–H groups in total. The number of hydrogen-bond donors (Lipinski definition) is 2. The zero-order valence-electron chi connectivity index (χ0n) is 12.4. The molecule has 0 aliphatic carbocycles. The Labute approximate surface area is 138 Å².